The zero-order chi connectivity index (χ0) is 15.0. The van der Waals surface area contributed by atoms with Crippen molar-refractivity contribution in [2.45, 2.75) is 32.6 Å². The summed E-state index contributed by atoms with van der Waals surface area (Å²) in [6.45, 7) is 6.81. The molecule has 1 saturated heterocycles. The van der Waals surface area contributed by atoms with Gasteiger partial charge in [0.25, 0.3) is 5.69 Å². The van der Waals surface area contributed by atoms with E-state index in [2.05, 4.69) is 23.7 Å². The molecule has 0 amide bonds. The Morgan fingerprint density at radius 3 is 2.76 bits per heavy atom. The summed E-state index contributed by atoms with van der Waals surface area (Å²) in [5, 5.41) is 11.9. The molecule has 0 spiro atoms. The number of nitro groups is 1. The third-order valence-corrected chi connectivity index (χ3v) is 3.85. The van der Waals surface area contributed by atoms with Crippen LogP contribution in [0.25, 0.3) is 10.9 Å². The number of H-pyrrole nitrogens is 1. The average Bonchev–Trinajstić information content (AvgIpc) is 2.80. The summed E-state index contributed by atoms with van der Waals surface area (Å²) in [5.74, 6) is 0. The SMILES string of the molecule is CC1CN(Cc2c[nH]c3cc([N+](=O)[O-])ccc23)CC(C)O1. The molecular weight excluding hydrogens is 270 g/mol. The molecule has 112 valence electrons. The van der Waals surface area contributed by atoms with Crippen LogP contribution in [0.3, 0.4) is 0 Å². The standard InChI is InChI=1S/C15H19N3O3/c1-10-7-17(8-11(2)21-10)9-12-6-16-15-5-13(18(19)20)3-4-14(12)15/h3-6,10-11,16H,7-9H2,1-2H3. The molecule has 0 bridgehead atoms. The van der Waals surface area contributed by atoms with Gasteiger partial charge >= 0.3 is 0 Å². The molecule has 1 aliphatic heterocycles. The number of hydrogen-bond donors (Lipinski definition) is 1. The number of nitrogens with one attached hydrogen (secondary N) is 1. The smallest absolute Gasteiger partial charge is 0.271 e. The highest BCUT2D eigenvalue weighted by molar-refractivity contribution is 5.85. The molecule has 1 N–H and O–H groups in total. The van der Waals surface area contributed by atoms with Crippen LogP contribution in [-0.2, 0) is 11.3 Å². The predicted molar refractivity (Wildman–Crippen MR) is 80.2 cm³/mol. The normalized spacial score (nSPS) is 23.5. The zero-order valence-corrected chi connectivity index (χ0v) is 12.2. The Morgan fingerprint density at radius 2 is 2.10 bits per heavy atom. The molecule has 0 saturated carbocycles. The molecule has 2 heterocycles. The summed E-state index contributed by atoms with van der Waals surface area (Å²) < 4.78 is 5.74. The summed E-state index contributed by atoms with van der Waals surface area (Å²) in [7, 11) is 0. The van der Waals surface area contributed by atoms with Crippen LogP contribution in [0.5, 0.6) is 0 Å². The number of ether oxygens (including phenoxy) is 1. The lowest BCUT2D eigenvalue weighted by atomic mass is 10.1. The highest BCUT2D eigenvalue weighted by atomic mass is 16.6. The lowest BCUT2D eigenvalue weighted by molar-refractivity contribution is -0.384. The summed E-state index contributed by atoms with van der Waals surface area (Å²) in [6, 6.07) is 4.97. The van der Waals surface area contributed by atoms with Gasteiger partial charge in [-0.05, 0) is 25.5 Å². The molecule has 6 heteroatoms. The summed E-state index contributed by atoms with van der Waals surface area (Å²) in [5.41, 5.74) is 2.10. The summed E-state index contributed by atoms with van der Waals surface area (Å²) >= 11 is 0. The number of aromatic nitrogens is 1. The van der Waals surface area contributed by atoms with Crippen molar-refractivity contribution >= 4 is 16.6 Å². The first-order valence-electron chi connectivity index (χ1n) is 7.15. The lowest BCUT2D eigenvalue weighted by Gasteiger charge is -2.35. The van der Waals surface area contributed by atoms with Crippen molar-refractivity contribution in [1.29, 1.82) is 0 Å². The van der Waals surface area contributed by atoms with Gasteiger partial charge in [-0.3, -0.25) is 15.0 Å². The van der Waals surface area contributed by atoms with Crippen molar-refractivity contribution in [1.82, 2.24) is 9.88 Å². The number of non-ortho nitro benzene ring substituents is 1. The molecule has 1 fully saturated rings. The van der Waals surface area contributed by atoms with Crippen molar-refractivity contribution in [3.05, 3.63) is 40.1 Å². The third-order valence-electron chi connectivity index (χ3n) is 3.85. The van der Waals surface area contributed by atoms with E-state index < -0.39 is 0 Å². The minimum absolute atomic E-state index is 0.115. The second-order valence-corrected chi connectivity index (χ2v) is 5.75. The van der Waals surface area contributed by atoms with E-state index in [4.69, 9.17) is 4.74 Å². The maximum Gasteiger partial charge on any atom is 0.271 e. The van der Waals surface area contributed by atoms with E-state index in [1.807, 2.05) is 12.3 Å². The maximum absolute atomic E-state index is 10.8. The predicted octanol–water partition coefficient (Wildman–Crippen LogP) is 2.69. The molecule has 21 heavy (non-hydrogen) atoms. The molecule has 6 nitrogen and oxygen atoms in total. The number of morpholine rings is 1. The van der Waals surface area contributed by atoms with E-state index in [-0.39, 0.29) is 22.8 Å². The van der Waals surface area contributed by atoms with Crippen LogP contribution < -0.4 is 0 Å². The van der Waals surface area contributed by atoms with Crippen LogP contribution in [0.15, 0.2) is 24.4 Å². The van der Waals surface area contributed by atoms with Crippen molar-refractivity contribution in [3.8, 4) is 0 Å². The van der Waals surface area contributed by atoms with Crippen molar-refractivity contribution in [2.24, 2.45) is 0 Å². The minimum atomic E-state index is -0.370. The number of benzene rings is 1. The van der Waals surface area contributed by atoms with Crippen molar-refractivity contribution in [2.75, 3.05) is 13.1 Å². The Kier molecular flexibility index (Phi) is 3.65. The quantitative estimate of drug-likeness (QED) is 0.696. The van der Waals surface area contributed by atoms with E-state index >= 15 is 0 Å². The number of nitro benzene ring substituents is 1. The van der Waals surface area contributed by atoms with Crippen molar-refractivity contribution < 1.29 is 9.66 Å². The fourth-order valence-corrected chi connectivity index (χ4v) is 3.07. The third kappa shape index (κ3) is 2.91. The Labute approximate surface area is 122 Å². The van der Waals surface area contributed by atoms with Crippen LogP contribution in [-0.4, -0.2) is 40.1 Å². The Morgan fingerprint density at radius 1 is 1.38 bits per heavy atom. The molecule has 1 aliphatic rings. The molecule has 2 unspecified atom stereocenters. The van der Waals surface area contributed by atoms with Gasteiger partial charge in [0.05, 0.1) is 22.6 Å². The van der Waals surface area contributed by atoms with Gasteiger partial charge in [-0.15, -0.1) is 0 Å². The van der Waals surface area contributed by atoms with Gasteiger partial charge in [0, 0.05) is 43.4 Å². The highest BCUT2D eigenvalue weighted by Gasteiger charge is 2.23. The average molecular weight is 289 g/mol. The lowest BCUT2D eigenvalue weighted by Crippen LogP contribution is -2.44. The van der Waals surface area contributed by atoms with Gasteiger partial charge in [0.1, 0.15) is 0 Å². The fourth-order valence-electron chi connectivity index (χ4n) is 3.07. The van der Waals surface area contributed by atoms with Gasteiger partial charge in [0.15, 0.2) is 0 Å². The van der Waals surface area contributed by atoms with E-state index in [0.29, 0.717) is 0 Å². The number of fused-ring (bicyclic) bond motifs is 1. The van der Waals surface area contributed by atoms with E-state index in [1.54, 1.807) is 12.1 Å². The monoisotopic (exact) mass is 289 g/mol. The fraction of sp³-hybridized carbons (Fsp3) is 0.467. The van der Waals surface area contributed by atoms with Gasteiger partial charge in [-0.25, -0.2) is 0 Å². The molecule has 1 aromatic carbocycles. The molecule has 2 aromatic rings. The number of nitrogens with zero attached hydrogens (tertiary/aromatic N) is 2. The zero-order valence-electron chi connectivity index (χ0n) is 12.2. The molecular formula is C15H19N3O3. The van der Waals surface area contributed by atoms with Gasteiger partial charge in [-0.1, -0.05) is 0 Å². The summed E-state index contributed by atoms with van der Waals surface area (Å²) in [4.78, 5) is 15.9. The Hall–Kier alpha value is -1.92. The van der Waals surface area contributed by atoms with Crippen LogP contribution in [0.4, 0.5) is 5.69 Å². The first kappa shape index (κ1) is 14.0. The summed E-state index contributed by atoms with van der Waals surface area (Å²) in [6.07, 6.45) is 2.42. The second kappa shape index (κ2) is 5.46. The topological polar surface area (TPSA) is 71.4 Å². The molecule has 0 radical (unpaired) electrons. The number of aromatic amines is 1. The van der Waals surface area contributed by atoms with Crippen LogP contribution in [0, 0.1) is 10.1 Å². The van der Waals surface area contributed by atoms with Crippen LogP contribution >= 0.6 is 0 Å². The molecule has 1 aromatic heterocycles. The molecule has 3 rings (SSSR count). The first-order chi connectivity index (χ1) is 10.0. The van der Waals surface area contributed by atoms with Gasteiger partial charge in [-0.2, -0.15) is 0 Å². The number of hydrogen-bond acceptors (Lipinski definition) is 4. The van der Waals surface area contributed by atoms with Crippen LogP contribution in [0.2, 0.25) is 0 Å². The second-order valence-electron chi connectivity index (χ2n) is 5.75. The van der Waals surface area contributed by atoms with Crippen molar-refractivity contribution in [3.63, 3.8) is 0 Å². The van der Waals surface area contributed by atoms with E-state index in [1.165, 1.54) is 5.56 Å². The largest absolute Gasteiger partial charge is 0.373 e. The van der Waals surface area contributed by atoms with E-state index in [9.17, 15) is 10.1 Å². The van der Waals surface area contributed by atoms with E-state index in [0.717, 1.165) is 30.5 Å². The minimum Gasteiger partial charge on any atom is -0.373 e. The first-order valence-corrected chi connectivity index (χ1v) is 7.15. The highest BCUT2D eigenvalue weighted by Crippen LogP contribution is 2.25. The Bertz CT molecular complexity index is 657. The van der Waals surface area contributed by atoms with Gasteiger partial charge < -0.3 is 9.72 Å². The molecule has 0 aliphatic carbocycles. The molecule has 2 atom stereocenters. The number of rotatable bonds is 3. The van der Waals surface area contributed by atoms with Crippen LogP contribution in [0.1, 0.15) is 19.4 Å². The van der Waals surface area contributed by atoms with Gasteiger partial charge in [0.2, 0.25) is 0 Å². The maximum atomic E-state index is 10.8. The Balaban J connectivity index is 1.83.